The molecule has 1 aliphatic rings. The Bertz CT molecular complexity index is 545. The lowest BCUT2D eigenvalue weighted by molar-refractivity contribution is 0.0538. The van der Waals surface area contributed by atoms with Crippen LogP contribution >= 0.6 is 11.3 Å². The first-order valence-electron chi connectivity index (χ1n) is 6.27. The Morgan fingerprint density at radius 2 is 2.11 bits per heavy atom. The highest BCUT2D eigenvalue weighted by molar-refractivity contribution is 7.91. The molecule has 2 rings (SSSR count). The first kappa shape index (κ1) is 14.9. The molecule has 0 saturated carbocycles. The van der Waals surface area contributed by atoms with Crippen LogP contribution in [0.25, 0.3) is 0 Å². The largest absolute Gasteiger partial charge is 0.381 e. The molecule has 0 unspecified atom stereocenters. The lowest BCUT2D eigenvalue weighted by Crippen LogP contribution is -2.49. The average molecular weight is 304 g/mol. The molecule has 108 valence electrons. The summed E-state index contributed by atoms with van der Waals surface area (Å²) in [5.41, 5.74) is 6.11. The highest BCUT2D eigenvalue weighted by Gasteiger charge is 2.33. The number of nitrogens with two attached hydrogens (primary N) is 1. The smallest absolute Gasteiger partial charge is 0.250 e. The van der Waals surface area contributed by atoms with Gasteiger partial charge in [-0.3, -0.25) is 0 Å². The van der Waals surface area contributed by atoms with Crippen molar-refractivity contribution in [2.45, 2.75) is 43.0 Å². The van der Waals surface area contributed by atoms with Crippen LogP contribution in [0.15, 0.2) is 10.3 Å². The molecule has 0 bridgehead atoms. The van der Waals surface area contributed by atoms with Gasteiger partial charge < -0.3 is 10.5 Å². The van der Waals surface area contributed by atoms with Crippen molar-refractivity contribution in [2.24, 2.45) is 5.73 Å². The predicted octanol–water partition coefficient (Wildman–Crippen LogP) is 1.36. The summed E-state index contributed by atoms with van der Waals surface area (Å²) < 4.78 is 33.2. The molecule has 3 N–H and O–H groups in total. The minimum absolute atomic E-state index is 0.346. The van der Waals surface area contributed by atoms with Crippen molar-refractivity contribution in [2.75, 3.05) is 13.2 Å². The van der Waals surface area contributed by atoms with Crippen LogP contribution in [0.5, 0.6) is 0 Å². The molecule has 2 heterocycles. The summed E-state index contributed by atoms with van der Waals surface area (Å²) in [6, 6.07) is 1.69. The maximum atomic E-state index is 12.4. The zero-order valence-electron chi connectivity index (χ0n) is 11.2. The average Bonchev–Trinajstić information content (AvgIpc) is 2.71. The quantitative estimate of drug-likeness (QED) is 0.880. The molecule has 19 heavy (non-hydrogen) atoms. The fourth-order valence-corrected chi connectivity index (χ4v) is 5.06. The molecule has 1 fully saturated rings. The predicted molar refractivity (Wildman–Crippen MR) is 75.7 cm³/mol. The summed E-state index contributed by atoms with van der Waals surface area (Å²) in [5.74, 6) is 0. The van der Waals surface area contributed by atoms with Gasteiger partial charge in [0.25, 0.3) is 10.0 Å². The number of hydrogen-bond acceptors (Lipinski definition) is 5. The first-order chi connectivity index (χ1) is 8.86. The van der Waals surface area contributed by atoms with Crippen LogP contribution in [-0.2, 0) is 21.3 Å². The second-order valence-electron chi connectivity index (χ2n) is 5.15. The number of aryl methyl sites for hydroxylation is 1. The second kappa shape index (κ2) is 5.49. The van der Waals surface area contributed by atoms with Crippen LogP contribution < -0.4 is 10.5 Å². The first-order valence-corrected chi connectivity index (χ1v) is 8.57. The molecule has 0 atom stereocenters. The van der Waals surface area contributed by atoms with Crippen LogP contribution in [0.4, 0.5) is 0 Å². The molecule has 1 aliphatic heterocycles. The van der Waals surface area contributed by atoms with Gasteiger partial charge in [0.05, 0.1) is 0 Å². The lowest BCUT2D eigenvalue weighted by atomic mass is 9.94. The topological polar surface area (TPSA) is 81.4 Å². The minimum Gasteiger partial charge on any atom is -0.381 e. The summed E-state index contributed by atoms with van der Waals surface area (Å²) >= 11 is 1.25. The third kappa shape index (κ3) is 3.35. The van der Waals surface area contributed by atoms with Crippen molar-refractivity contribution in [3.63, 3.8) is 0 Å². The molecular weight excluding hydrogens is 284 g/mol. The second-order valence-corrected chi connectivity index (χ2v) is 8.20. The Hall–Kier alpha value is -0.470. The number of thiophene rings is 1. The number of sulfonamides is 1. The maximum absolute atomic E-state index is 12.4. The third-order valence-electron chi connectivity index (χ3n) is 3.43. The van der Waals surface area contributed by atoms with Gasteiger partial charge in [-0.1, -0.05) is 0 Å². The number of ether oxygens (including phenoxy) is 1. The molecule has 1 aromatic rings. The Labute approximate surface area is 118 Å². The molecule has 0 aliphatic carbocycles. The summed E-state index contributed by atoms with van der Waals surface area (Å²) in [4.78, 5) is 0.914. The molecule has 5 nitrogen and oxygen atoms in total. The van der Waals surface area contributed by atoms with Crippen molar-refractivity contribution in [3.8, 4) is 0 Å². The standard InChI is InChI=1S/C12H20N2O3S2/c1-9-7-11(18-10(9)8-13)19(15,16)14-12(2)3-5-17-6-4-12/h7,14H,3-6,8,13H2,1-2H3. The number of nitrogens with one attached hydrogen (secondary N) is 1. The fourth-order valence-electron chi connectivity index (χ4n) is 2.12. The van der Waals surface area contributed by atoms with Crippen molar-refractivity contribution >= 4 is 21.4 Å². The van der Waals surface area contributed by atoms with Crippen molar-refractivity contribution in [1.29, 1.82) is 0 Å². The zero-order chi connectivity index (χ0) is 14.1. The lowest BCUT2D eigenvalue weighted by Gasteiger charge is -2.33. The van der Waals surface area contributed by atoms with E-state index >= 15 is 0 Å². The van der Waals surface area contributed by atoms with Crippen LogP contribution in [0, 0.1) is 6.92 Å². The molecule has 7 heteroatoms. The van der Waals surface area contributed by atoms with E-state index in [0.29, 0.717) is 36.8 Å². The van der Waals surface area contributed by atoms with E-state index in [1.54, 1.807) is 6.07 Å². The molecule has 1 saturated heterocycles. The summed E-state index contributed by atoms with van der Waals surface area (Å²) in [5, 5.41) is 0. The Kier molecular flexibility index (Phi) is 4.32. The number of rotatable bonds is 4. The van der Waals surface area contributed by atoms with Gasteiger partial charge in [0.2, 0.25) is 0 Å². The monoisotopic (exact) mass is 304 g/mol. The van der Waals surface area contributed by atoms with E-state index in [4.69, 9.17) is 10.5 Å². The van der Waals surface area contributed by atoms with E-state index in [2.05, 4.69) is 4.72 Å². The van der Waals surface area contributed by atoms with Crippen LogP contribution in [0.3, 0.4) is 0 Å². The van der Waals surface area contributed by atoms with E-state index in [1.807, 2.05) is 13.8 Å². The molecular formula is C12H20N2O3S2. The highest BCUT2D eigenvalue weighted by Crippen LogP contribution is 2.28. The number of hydrogen-bond donors (Lipinski definition) is 2. The van der Waals surface area contributed by atoms with Crippen molar-refractivity contribution in [3.05, 3.63) is 16.5 Å². The SMILES string of the molecule is Cc1cc(S(=O)(=O)NC2(C)CCOCC2)sc1CN. The van der Waals surface area contributed by atoms with Gasteiger partial charge in [-0.2, -0.15) is 0 Å². The molecule has 0 radical (unpaired) electrons. The molecule has 0 aromatic carbocycles. The molecule has 0 amide bonds. The summed E-state index contributed by atoms with van der Waals surface area (Å²) in [7, 11) is -3.47. The van der Waals surface area contributed by atoms with Crippen LogP contribution in [0.1, 0.15) is 30.2 Å². The molecule has 0 spiro atoms. The summed E-state index contributed by atoms with van der Waals surface area (Å²) in [6.07, 6.45) is 1.39. The van der Waals surface area contributed by atoms with Crippen LogP contribution in [-0.4, -0.2) is 27.2 Å². The van der Waals surface area contributed by atoms with E-state index in [-0.39, 0.29) is 0 Å². The Morgan fingerprint density at radius 3 is 2.63 bits per heavy atom. The van der Waals surface area contributed by atoms with Gasteiger partial charge in [0, 0.05) is 30.2 Å². The Balaban J connectivity index is 2.21. The van der Waals surface area contributed by atoms with E-state index in [1.165, 1.54) is 11.3 Å². The Morgan fingerprint density at radius 1 is 1.47 bits per heavy atom. The molecule has 1 aromatic heterocycles. The van der Waals surface area contributed by atoms with Gasteiger partial charge in [-0.15, -0.1) is 11.3 Å². The van der Waals surface area contributed by atoms with E-state index in [0.717, 1.165) is 10.4 Å². The van der Waals surface area contributed by atoms with Gasteiger partial charge in [0.15, 0.2) is 0 Å². The van der Waals surface area contributed by atoms with Crippen molar-refractivity contribution in [1.82, 2.24) is 4.72 Å². The van der Waals surface area contributed by atoms with E-state index < -0.39 is 15.6 Å². The van der Waals surface area contributed by atoms with Crippen molar-refractivity contribution < 1.29 is 13.2 Å². The summed E-state index contributed by atoms with van der Waals surface area (Å²) in [6.45, 7) is 5.37. The van der Waals surface area contributed by atoms with Crippen LogP contribution in [0.2, 0.25) is 0 Å². The highest BCUT2D eigenvalue weighted by atomic mass is 32.2. The zero-order valence-corrected chi connectivity index (χ0v) is 12.9. The van der Waals surface area contributed by atoms with Gasteiger partial charge in [0.1, 0.15) is 4.21 Å². The minimum atomic E-state index is -3.47. The van der Waals surface area contributed by atoms with Gasteiger partial charge in [-0.05, 0) is 38.3 Å². The third-order valence-corrected chi connectivity index (χ3v) is 6.80. The van der Waals surface area contributed by atoms with E-state index in [9.17, 15) is 8.42 Å². The normalized spacial score (nSPS) is 19.5. The van der Waals surface area contributed by atoms with Gasteiger partial charge >= 0.3 is 0 Å². The maximum Gasteiger partial charge on any atom is 0.250 e. The van der Waals surface area contributed by atoms with Gasteiger partial charge in [-0.25, -0.2) is 13.1 Å². The fraction of sp³-hybridized carbons (Fsp3) is 0.667.